The van der Waals surface area contributed by atoms with E-state index in [9.17, 15) is 0 Å². The third-order valence-corrected chi connectivity index (χ3v) is 4.24. The molecule has 1 aliphatic rings. The van der Waals surface area contributed by atoms with Crippen LogP contribution in [0.1, 0.15) is 11.1 Å². The van der Waals surface area contributed by atoms with Crippen molar-refractivity contribution in [2.75, 3.05) is 20.8 Å². The van der Waals surface area contributed by atoms with Crippen molar-refractivity contribution in [1.82, 2.24) is 16.7 Å². The summed E-state index contributed by atoms with van der Waals surface area (Å²) < 4.78 is 3.30. The average Bonchev–Trinajstić information content (AvgIpc) is 2.60. The maximum absolute atomic E-state index is 3.13. The van der Waals surface area contributed by atoms with E-state index in [2.05, 4.69) is 115 Å². The maximum atomic E-state index is 3.13. The fraction of sp³-hybridized carbons (Fsp3) is 0.417. The van der Waals surface area contributed by atoms with Crippen LogP contribution >= 0.6 is 45.7 Å². The first-order chi connectivity index (χ1) is 8.88. The summed E-state index contributed by atoms with van der Waals surface area (Å²) >= 11 is 6.80. The number of benzene rings is 1. The number of nitrogens with zero attached hydrogens (tertiary/aromatic N) is 3. The Hall–Kier alpha value is 1.08. The van der Waals surface area contributed by atoms with E-state index in [-0.39, 0.29) is 0 Å². The monoisotopic (exact) mass is 667 g/mol. The molecule has 4 nitrogen and oxygen atoms in total. The molecule has 0 aromatic heterocycles. The van der Waals surface area contributed by atoms with E-state index in [4.69, 9.17) is 0 Å². The predicted octanol–water partition coefficient (Wildman–Crippen LogP) is 2.46. The van der Waals surface area contributed by atoms with Crippen LogP contribution in [0.15, 0.2) is 24.3 Å². The van der Waals surface area contributed by atoms with Crippen molar-refractivity contribution in [3.8, 4) is 0 Å². The molecule has 0 radical (unpaired) electrons. The fourth-order valence-corrected chi connectivity index (χ4v) is 2.86. The van der Waals surface area contributed by atoms with Gasteiger partial charge in [-0.25, -0.2) is 0 Å². The van der Waals surface area contributed by atoms with Crippen molar-refractivity contribution in [1.29, 1.82) is 0 Å². The summed E-state index contributed by atoms with van der Waals surface area (Å²) in [6.07, 6.45) is 0. The van der Waals surface area contributed by atoms with E-state index in [0.717, 1.165) is 13.2 Å². The van der Waals surface area contributed by atoms with Gasteiger partial charge in [-0.1, -0.05) is 29.8 Å². The Morgan fingerprint density at radius 1 is 1.26 bits per heavy atom. The molecule has 0 spiro atoms. The van der Waals surface area contributed by atoms with Gasteiger partial charge < -0.3 is 0 Å². The molecule has 0 amide bonds. The summed E-state index contributed by atoms with van der Waals surface area (Å²) in [5.41, 5.74) is 5.81. The Kier molecular flexibility index (Phi) is 8.75. The number of nitrogens with one attached hydrogen (secondary N) is 1. The Morgan fingerprint density at radius 3 is 2.16 bits per heavy atom. The van der Waals surface area contributed by atoms with Crippen LogP contribution in [0.25, 0.3) is 0 Å². The summed E-state index contributed by atoms with van der Waals surface area (Å²) in [7, 11) is 4.07. The van der Waals surface area contributed by atoms with Crippen LogP contribution in [-0.2, 0) is 25.9 Å². The zero-order valence-corrected chi connectivity index (χ0v) is 17.7. The number of rotatable bonds is 2. The summed E-state index contributed by atoms with van der Waals surface area (Å²) in [6.45, 7) is 4.08. The quantitative estimate of drug-likeness (QED) is 0.387. The second kappa shape index (κ2) is 9.17. The first kappa shape index (κ1) is 18.1. The second-order valence-electron chi connectivity index (χ2n) is 4.36. The topological polar surface area (TPSA) is 21.8 Å². The van der Waals surface area contributed by atoms with Crippen LogP contribution in [0.3, 0.4) is 0 Å². The van der Waals surface area contributed by atoms with Crippen molar-refractivity contribution < 1.29 is 19.4 Å². The minimum Gasteiger partial charge on any atom is -0.184 e. The molecular formula is C12H18I2N4Pt. The zero-order valence-electron chi connectivity index (χ0n) is 11.1. The van der Waals surface area contributed by atoms with Crippen molar-refractivity contribution in [3.63, 3.8) is 0 Å². The van der Waals surface area contributed by atoms with Gasteiger partial charge in [0.2, 0.25) is 0 Å². The van der Waals surface area contributed by atoms with Crippen LogP contribution in [0.4, 0.5) is 0 Å². The second-order valence-corrected chi connectivity index (χ2v) is 9.61. The van der Waals surface area contributed by atoms with Crippen LogP contribution in [0.5, 0.6) is 0 Å². The third-order valence-electron chi connectivity index (χ3n) is 2.43. The number of hydrazine groups is 1. The zero-order chi connectivity index (χ0) is 14.4. The van der Waals surface area contributed by atoms with Crippen LogP contribution in [0.2, 0.25) is 0 Å². The summed E-state index contributed by atoms with van der Waals surface area (Å²) in [4.78, 5) is 2.14. The fourth-order valence-electron chi connectivity index (χ4n) is 1.47. The van der Waals surface area contributed by atoms with Gasteiger partial charge in [0.05, 0.1) is 0 Å². The number of halogens is 2. The first-order valence-electron chi connectivity index (χ1n) is 5.71. The predicted molar refractivity (Wildman–Crippen MR) is 93.3 cm³/mol. The minimum absolute atomic E-state index is 0.971. The Balaban J connectivity index is 0.000000200. The molecule has 2 rings (SSSR count). The average molecular weight is 667 g/mol. The molecule has 1 heterocycles. The van der Waals surface area contributed by atoms with Gasteiger partial charge in [-0.05, 0) is 12.5 Å². The first-order valence-corrected chi connectivity index (χ1v) is 8.78. The summed E-state index contributed by atoms with van der Waals surface area (Å²) in [5.74, 6) is 0. The molecule has 1 aliphatic heterocycles. The van der Waals surface area contributed by atoms with Gasteiger partial charge in [-0.3, -0.25) is 0 Å². The normalized spacial score (nSPS) is 16.7. The van der Waals surface area contributed by atoms with Gasteiger partial charge >= 0.3 is 59.6 Å². The van der Waals surface area contributed by atoms with E-state index in [1.165, 1.54) is 15.3 Å². The number of hydrogen-bond donors (Lipinski definition) is 1. The van der Waals surface area contributed by atoms with Gasteiger partial charge in [0.25, 0.3) is 0 Å². The van der Waals surface area contributed by atoms with E-state index in [1.54, 1.807) is 0 Å². The van der Waals surface area contributed by atoms with Crippen molar-refractivity contribution in [3.05, 3.63) is 35.4 Å². The van der Waals surface area contributed by atoms with Crippen molar-refractivity contribution >= 4 is 49.9 Å². The standard InChI is InChI=1S/C8H9I2N.C4H9N3.Pt/c1-7-2-4-8(5-3-7)6-11(9)10;1-6-3-5-7(2)4-6;/h2-5H,6H2,1H3;5H,4H2,1-2H3;. The minimum atomic E-state index is 0.971. The molecule has 1 aromatic rings. The van der Waals surface area contributed by atoms with Gasteiger partial charge in [-0.15, -0.1) is 0 Å². The SMILES string of the molecule is CN1CN(C)[C](=[Pt])N1.Cc1ccc(CN(I)I)cc1. The third kappa shape index (κ3) is 7.59. The van der Waals surface area contributed by atoms with Gasteiger partial charge in [0.1, 0.15) is 0 Å². The van der Waals surface area contributed by atoms with Crippen LogP contribution in [-0.4, -0.2) is 36.1 Å². The van der Waals surface area contributed by atoms with E-state index in [1.807, 2.05) is 12.1 Å². The summed E-state index contributed by atoms with van der Waals surface area (Å²) in [5, 5.41) is 2.03. The molecule has 7 heteroatoms. The number of aryl methyl sites for hydroxylation is 1. The Bertz CT molecular complexity index is 411. The van der Waals surface area contributed by atoms with Crippen LogP contribution < -0.4 is 5.43 Å². The Morgan fingerprint density at radius 2 is 1.84 bits per heavy atom. The van der Waals surface area contributed by atoms with Crippen molar-refractivity contribution in [2.24, 2.45) is 0 Å². The molecule has 0 bridgehead atoms. The molecule has 1 N–H and O–H groups in total. The molecule has 1 fully saturated rings. The van der Waals surface area contributed by atoms with Gasteiger partial charge in [0.15, 0.2) is 0 Å². The van der Waals surface area contributed by atoms with Gasteiger partial charge in [0, 0.05) is 52.3 Å². The maximum Gasteiger partial charge on any atom is 0.0435 e. The molecule has 110 valence electrons. The molecule has 0 saturated carbocycles. The molecule has 0 aliphatic carbocycles. The molecule has 0 unspecified atom stereocenters. The molecular weight excluding hydrogens is 649 g/mol. The van der Waals surface area contributed by atoms with E-state index in [0.29, 0.717) is 0 Å². The van der Waals surface area contributed by atoms with Crippen molar-refractivity contribution in [2.45, 2.75) is 13.5 Å². The molecule has 1 aromatic carbocycles. The smallest absolute Gasteiger partial charge is 0.0435 e. The molecule has 1 saturated heterocycles. The van der Waals surface area contributed by atoms with E-state index >= 15 is 0 Å². The molecule has 0 atom stereocenters. The van der Waals surface area contributed by atoms with Gasteiger partial charge in [-0.2, -0.15) is 1.33 Å². The largest absolute Gasteiger partial charge is 0.184 e. The number of hydrogen-bond acceptors (Lipinski definition) is 4. The van der Waals surface area contributed by atoms with E-state index < -0.39 is 0 Å². The van der Waals surface area contributed by atoms with Crippen LogP contribution in [0, 0.1) is 6.92 Å². The molecule has 19 heavy (non-hydrogen) atoms. The Labute approximate surface area is 154 Å². The summed E-state index contributed by atoms with van der Waals surface area (Å²) in [6, 6.07) is 8.62.